The first-order chi connectivity index (χ1) is 8.20. The van der Waals surface area contributed by atoms with E-state index in [1.807, 2.05) is 12.1 Å². The van der Waals surface area contributed by atoms with Gasteiger partial charge in [0.1, 0.15) is 11.9 Å². The summed E-state index contributed by atoms with van der Waals surface area (Å²) < 4.78 is 2.11. The highest BCUT2D eigenvalue weighted by Crippen LogP contribution is 2.40. The fourth-order valence-corrected chi connectivity index (χ4v) is 2.23. The van der Waals surface area contributed by atoms with E-state index in [9.17, 15) is 5.11 Å². The highest BCUT2D eigenvalue weighted by atomic mass is 16.3. The number of nitrogens with zero attached hydrogens (tertiary/aromatic N) is 2. The molecule has 1 unspecified atom stereocenters. The molecule has 0 amide bonds. The predicted octanol–water partition coefficient (Wildman–Crippen LogP) is 1.51. The number of fused-ring (bicyclic) bond motifs is 1. The number of nitrogens with two attached hydrogens (primary N) is 1. The number of rotatable bonds is 3. The Morgan fingerprint density at radius 3 is 2.94 bits per heavy atom. The van der Waals surface area contributed by atoms with E-state index in [1.54, 1.807) is 0 Å². The van der Waals surface area contributed by atoms with Crippen molar-refractivity contribution >= 4 is 5.52 Å². The van der Waals surface area contributed by atoms with Crippen LogP contribution in [0.5, 0.6) is 0 Å². The standard InChI is InChI=1S/C13H17N3O/c1-8-2-5-10-12(11(17)6-14)15-13(9-3-4-9)16(10)7-8/h2,5,7,9,11,17H,3-4,6,14H2,1H3. The molecule has 3 N–H and O–H groups in total. The second-order valence-corrected chi connectivity index (χ2v) is 4.84. The van der Waals surface area contributed by atoms with Gasteiger partial charge >= 0.3 is 0 Å². The summed E-state index contributed by atoms with van der Waals surface area (Å²) in [6.07, 6.45) is 3.82. The molecule has 2 aromatic rings. The van der Waals surface area contributed by atoms with Crippen molar-refractivity contribution in [2.45, 2.75) is 31.8 Å². The maximum Gasteiger partial charge on any atom is 0.116 e. The number of pyridine rings is 1. The van der Waals surface area contributed by atoms with Crippen LogP contribution < -0.4 is 5.73 Å². The van der Waals surface area contributed by atoms with Gasteiger partial charge in [0.05, 0.1) is 11.2 Å². The molecule has 0 bridgehead atoms. The third-order valence-corrected chi connectivity index (χ3v) is 3.32. The topological polar surface area (TPSA) is 63.5 Å². The predicted molar refractivity (Wildman–Crippen MR) is 65.9 cm³/mol. The van der Waals surface area contributed by atoms with E-state index < -0.39 is 6.10 Å². The van der Waals surface area contributed by atoms with E-state index in [2.05, 4.69) is 22.5 Å². The lowest BCUT2D eigenvalue weighted by Gasteiger charge is -2.04. The number of hydrogen-bond acceptors (Lipinski definition) is 3. The van der Waals surface area contributed by atoms with Crippen molar-refractivity contribution in [2.75, 3.05) is 6.54 Å². The van der Waals surface area contributed by atoms with Gasteiger partial charge in [-0.25, -0.2) is 4.98 Å². The minimum absolute atomic E-state index is 0.213. The van der Waals surface area contributed by atoms with E-state index >= 15 is 0 Å². The number of imidazole rings is 1. The maximum atomic E-state index is 9.91. The number of aliphatic hydroxyl groups is 1. The highest BCUT2D eigenvalue weighted by molar-refractivity contribution is 5.55. The van der Waals surface area contributed by atoms with Gasteiger partial charge in [0, 0.05) is 18.7 Å². The first-order valence-corrected chi connectivity index (χ1v) is 6.07. The van der Waals surface area contributed by atoms with Crippen molar-refractivity contribution < 1.29 is 5.11 Å². The Balaban J connectivity index is 2.22. The second-order valence-electron chi connectivity index (χ2n) is 4.84. The average molecular weight is 231 g/mol. The molecule has 17 heavy (non-hydrogen) atoms. The molecule has 1 saturated carbocycles. The zero-order chi connectivity index (χ0) is 12.0. The van der Waals surface area contributed by atoms with Gasteiger partial charge in [-0.1, -0.05) is 6.07 Å². The van der Waals surface area contributed by atoms with Gasteiger partial charge in [-0.3, -0.25) is 0 Å². The molecule has 2 heterocycles. The molecule has 0 spiro atoms. The van der Waals surface area contributed by atoms with Crippen molar-refractivity contribution in [3.8, 4) is 0 Å². The first-order valence-electron chi connectivity index (χ1n) is 6.07. The Bertz CT molecular complexity index is 557. The largest absolute Gasteiger partial charge is 0.385 e. The molecule has 0 saturated heterocycles. The van der Waals surface area contributed by atoms with Crippen molar-refractivity contribution in [1.82, 2.24) is 9.38 Å². The Hall–Kier alpha value is -1.39. The summed E-state index contributed by atoms with van der Waals surface area (Å²) in [5, 5.41) is 9.91. The number of aliphatic hydroxyl groups excluding tert-OH is 1. The molecule has 90 valence electrons. The van der Waals surface area contributed by atoms with Crippen molar-refractivity contribution in [2.24, 2.45) is 5.73 Å². The van der Waals surface area contributed by atoms with Gasteiger partial charge in [-0.05, 0) is 31.4 Å². The van der Waals surface area contributed by atoms with Crippen LogP contribution in [0.15, 0.2) is 18.3 Å². The molecule has 3 rings (SSSR count). The Kier molecular flexibility index (Phi) is 2.42. The zero-order valence-corrected chi connectivity index (χ0v) is 9.93. The summed E-state index contributed by atoms with van der Waals surface area (Å²) in [6.45, 7) is 2.28. The van der Waals surface area contributed by atoms with Crippen LogP contribution in [0.25, 0.3) is 5.52 Å². The molecule has 1 aliphatic rings. The van der Waals surface area contributed by atoms with Crippen LogP contribution in [0.1, 0.15) is 41.9 Å². The molecule has 1 atom stereocenters. The van der Waals surface area contributed by atoms with Crippen molar-refractivity contribution in [1.29, 1.82) is 0 Å². The molecular weight excluding hydrogens is 214 g/mol. The third-order valence-electron chi connectivity index (χ3n) is 3.32. The average Bonchev–Trinajstić information content (AvgIpc) is 3.10. The SMILES string of the molecule is Cc1ccc2c(C(O)CN)nc(C3CC3)n2c1. The minimum atomic E-state index is -0.666. The summed E-state index contributed by atoms with van der Waals surface area (Å²) in [6, 6.07) is 4.06. The number of hydrogen-bond donors (Lipinski definition) is 2. The normalized spacial score (nSPS) is 17.6. The van der Waals surface area contributed by atoms with E-state index in [0.717, 1.165) is 17.0 Å². The summed E-state index contributed by atoms with van der Waals surface area (Å²) in [4.78, 5) is 4.60. The van der Waals surface area contributed by atoms with E-state index in [0.29, 0.717) is 5.92 Å². The molecular formula is C13H17N3O. The second kappa shape index (κ2) is 3.82. The van der Waals surface area contributed by atoms with Gasteiger partial charge in [0.15, 0.2) is 0 Å². The van der Waals surface area contributed by atoms with Gasteiger partial charge in [-0.2, -0.15) is 0 Å². The lowest BCUT2D eigenvalue weighted by atomic mass is 10.2. The van der Waals surface area contributed by atoms with Crippen LogP contribution in [0, 0.1) is 6.92 Å². The van der Waals surface area contributed by atoms with Crippen LogP contribution >= 0.6 is 0 Å². The van der Waals surface area contributed by atoms with Crippen LogP contribution in [0.2, 0.25) is 0 Å². The van der Waals surface area contributed by atoms with Gasteiger partial charge < -0.3 is 15.2 Å². The molecule has 0 radical (unpaired) electrons. The van der Waals surface area contributed by atoms with Crippen LogP contribution in [0.3, 0.4) is 0 Å². The van der Waals surface area contributed by atoms with Crippen molar-refractivity contribution in [3.05, 3.63) is 35.4 Å². The monoisotopic (exact) mass is 231 g/mol. The summed E-state index contributed by atoms with van der Waals surface area (Å²) in [5.41, 5.74) is 8.43. The fourth-order valence-electron chi connectivity index (χ4n) is 2.23. The molecule has 1 fully saturated rings. The third kappa shape index (κ3) is 1.73. The van der Waals surface area contributed by atoms with Gasteiger partial charge in [0.25, 0.3) is 0 Å². The summed E-state index contributed by atoms with van der Waals surface area (Å²) in [5.74, 6) is 1.63. The minimum Gasteiger partial charge on any atom is -0.385 e. The van der Waals surface area contributed by atoms with E-state index in [1.165, 1.54) is 18.4 Å². The quantitative estimate of drug-likeness (QED) is 0.841. The molecule has 1 aliphatic carbocycles. The fraction of sp³-hybridized carbons (Fsp3) is 0.462. The first kappa shape index (κ1) is 10.7. The number of aryl methyl sites for hydroxylation is 1. The lowest BCUT2D eigenvalue weighted by molar-refractivity contribution is 0.184. The summed E-state index contributed by atoms with van der Waals surface area (Å²) >= 11 is 0. The molecule has 2 aromatic heterocycles. The molecule has 4 heteroatoms. The Labute approximate surface area is 100 Å². The lowest BCUT2D eigenvalue weighted by Crippen LogP contribution is -2.12. The molecule has 4 nitrogen and oxygen atoms in total. The van der Waals surface area contributed by atoms with Crippen LogP contribution in [-0.4, -0.2) is 21.0 Å². The van der Waals surface area contributed by atoms with Gasteiger partial charge in [-0.15, -0.1) is 0 Å². The highest BCUT2D eigenvalue weighted by Gasteiger charge is 2.30. The molecule has 0 aliphatic heterocycles. The zero-order valence-electron chi connectivity index (χ0n) is 9.93. The Morgan fingerprint density at radius 1 is 1.53 bits per heavy atom. The van der Waals surface area contributed by atoms with E-state index in [-0.39, 0.29) is 6.54 Å². The van der Waals surface area contributed by atoms with Crippen molar-refractivity contribution in [3.63, 3.8) is 0 Å². The van der Waals surface area contributed by atoms with Gasteiger partial charge in [0.2, 0.25) is 0 Å². The molecule has 0 aromatic carbocycles. The summed E-state index contributed by atoms with van der Waals surface area (Å²) in [7, 11) is 0. The number of aromatic nitrogens is 2. The maximum absolute atomic E-state index is 9.91. The Morgan fingerprint density at radius 2 is 2.29 bits per heavy atom. The van der Waals surface area contributed by atoms with Crippen LogP contribution in [-0.2, 0) is 0 Å². The van der Waals surface area contributed by atoms with E-state index in [4.69, 9.17) is 5.73 Å². The smallest absolute Gasteiger partial charge is 0.116 e. The van der Waals surface area contributed by atoms with Crippen LogP contribution in [0.4, 0.5) is 0 Å².